The van der Waals surface area contributed by atoms with Crippen molar-refractivity contribution in [3.63, 3.8) is 0 Å². The Kier molecular flexibility index (Phi) is 9.28. The monoisotopic (exact) mass is 578 g/mol. The van der Waals surface area contributed by atoms with Gasteiger partial charge in [0.25, 0.3) is 0 Å². The molecule has 216 valence electrons. The van der Waals surface area contributed by atoms with E-state index in [4.69, 9.17) is 21.1 Å². The Morgan fingerprint density at radius 3 is 2.49 bits per heavy atom. The lowest BCUT2D eigenvalue weighted by Crippen LogP contribution is -2.37. The number of halogens is 1. The molecule has 11 nitrogen and oxygen atoms in total. The smallest absolute Gasteiger partial charge is 0.227 e. The second kappa shape index (κ2) is 13.2. The molecular formula is C29H35ClN8O3. The first-order valence-corrected chi connectivity index (χ1v) is 14.1. The number of ether oxygens (including phenoxy) is 2. The fourth-order valence-corrected chi connectivity index (χ4v) is 5.27. The average Bonchev–Trinajstić information content (AvgIpc) is 3.48. The molecule has 2 aromatic carbocycles. The molecule has 41 heavy (non-hydrogen) atoms. The fraction of sp³-hybridized carbons (Fsp3) is 0.414. The number of hydrogen-bond acceptors (Lipinski definition) is 10. The van der Waals surface area contributed by atoms with Crippen molar-refractivity contribution >= 4 is 23.2 Å². The maximum absolute atomic E-state index is 9.68. The number of tetrazole rings is 1. The van der Waals surface area contributed by atoms with E-state index in [-0.39, 0.29) is 12.2 Å². The SMILES string of the molecule is COc1cc(C2CCN(CC(C)O)CC2)ccc1Nc1ncc(-c2ccc(Cl)c(O[C@@H](C)Cn3cnnn3)c2)cn1. The Balaban J connectivity index is 1.23. The van der Waals surface area contributed by atoms with Crippen molar-refractivity contribution in [1.29, 1.82) is 0 Å². The third kappa shape index (κ3) is 7.49. The van der Waals surface area contributed by atoms with Crippen LogP contribution in [-0.2, 0) is 6.54 Å². The van der Waals surface area contributed by atoms with Crippen LogP contribution in [-0.4, -0.2) is 79.1 Å². The van der Waals surface area contributed by atoms with Gasteiger partial charge in [-0.1, -0.05) is 23.7 Å². The molecule has 1 fully saturated rings. The average molecular weight is 579 g/mol. The summed E-state index contributed by atoms with van der Waals surface area (Å²) >= 11 is 6.40. The minimum absolute atomic E-state index is 0.196. The van der Waals surface area contributed by atoms with Crippen molar-refractivity contribution in [2.45, 2.75) is 51.4 Å². The van der Waals surface area contributed by atoms with Gasteiger partial charge in [0.1, 0.15) is 23.9 Å². The van der Waals surface area contributed by atoms with E-state index in [1.165, 1.54) is 5.56 Å². The van der Waals surface area contributed by atoms with Crippen molar-refractivity contribution in [3.8, 4) is 22.6 Å². The zero-order chi connectivity index (χ0) is 28.8. The molecule has 3 heterocycles. The summed E-state index contributed by atoms with van der Waals surface area (Å²) in [6, 6.07) is 11.8. The number of nitrogens with zero attached hydrogens (tertiary/aromatic N) is 7. The van der Waals surface area contributed by atoms with Gasteiger partial charge in [-0.15, -0.1) is 5.10 Å². The molecule has 0 amide bonds. The Bertz CT molecular complexity index is 1410. The molecule has 0 saturated carbocycles. The first kappa shape index (κ1) is 28.7. The van der Waals surface area contributed by atoms with Crippen LogP contribution in [0.1, 0.15) is 38.2 Å². The second-order valence-electron chi connectivity index (χ2n) is 10.4. The predicted molar refractivity (Wildman–Crippen MR) is 157 cm³/mol. The van der Waals surface area contributed by atoms with Gasteiger partial charge in [0.05, 0.1) is 30.5 Å². The van der Waals surface area contributed by atoms with Gasteiger partial charge in [-0.2, -0.15) is 0 Å². The summed E-state index contributed by atoms with van der Waals surface area (Å²) < 4.78 is 13.4. The van der Waals surface area contributed by atoms with Gasteiger partial charge in [0.15, 0.2) is 0 Å². The van der Waals surface area contributed by atoms with Gasteiger partial charge >= 0.3 is 0 Å². The molecule has 12 heteroatoms. The topological polar surface area (TPSA) is 123 Å². The Morgan fingerprint density at radius 2 is 1.80 bits per heavy atom. The van der Waals surface area contributed by atoms with E-state index in [0.29, 0.717) is 29.2 Å². The van der Waals surface area contributed by atoms with Gasteiger partial charge in [-0.3, -0.25) is 0 Å². The molecule has 2 atom stereocenters. The zero-order valence-corrected chi connectivity index (χ0v) is 24.2. The summed E-state index contributed by atoms with van der Waals surface area (Å²) in [5, 5.41) is 24.6. The lowest BCUT2D eigenvalue weighted by atomic mass is 9.89. The molecule has 2 aromatic heterocycles. The summed E-state index contributed by atoms with van der Waals surface area (Å²) in [5.41, 5.74) is 3.77. The van der Waals surface area contributed by atoms with Crippen LogP contribution in [0.4, 0.5) is 11.6 Å². The molecule has 1 saturated heterocycles. The van der Waals surface area contributed by atoms with Crippen LogP contribution in [0, 0.1) is 0 Å². The molecular weight excluding hydrogens is 544 g/mol. The van der Waals surface area contributed by atoms with Crippen molar-refractivity contribution in [3.05, 3.63) is 65.7 Å². The molecule has 0 spiro atoms. The highest BCUT2D eigenvalue weighted by Gasteiger charge is 2.22. The Labute approximate surface area is 244 Å². The molecule has 2 N–H and O–H groups in total. The molecule has 5 rings (SSSR count). The van der Waals surface area contributed by atoms with Crippen LogP contribution in [0.15, 0.2) is 55.1 Å². The molecule has 1 unspecified atom stereocenters. The molecule has 1 aliphatic heterocycles. The first-order valence-electron chi connectivity index (χ1n) is 13.7. The number of likely N-dealkylation sites (tertiary alicyclic amines) is 1. The van der Waals surface area contributed by atoms with Gasteiger partial charge < -0.3 is 24.8 Å². The van der Waals surface area contributed by atoms with Crippen LogP contribution in [0.2, 0.25) is 5.02 Å². The van der Waals surface area contributed by atoms with E-state index in [1.807, 2.05) is 32.0 Å². The standard InChI is InChI=1S/C29H35ClN8O3/c1-19(39)16-37-10-8-21(9-11-37)22-5-7-26(28(13-22)40-3)34-29-31-14-24(15-32-29)23-4-6-25(30)27(12-23)41-20(2)17-38-18-33-35-36-38/h4-7,12-15,18-21,39H,8-11,16-17H2,1-3H3,(H,31,32,34)/t19?,20-/m0/s1. The normalized spacial score (nSPS) is 15.8. The van der Waals surface area contributed by atoms with Crippen LogP contribution in [0.25, 0.3) is 11.1 Å². The van der Waals surface area contributed by atoms with E-state index >= 15 is 0 Å². The third-order valence-electron chi connectivity index (χ3n) is 7.13. The minimum Gasteiger partial charge on any atom is -0.495 e. The van der Waals surface area contributed by atoms with E-state index in [9.17, 15) is 5.11 Å². The van der Waals surface area contributed by atoms with Crippen LogP contribution in [0.5, 0.6) is 11.5 Å². The maximum Gasteiger partial charge on any atom is 0.227 e. The molecule has 0 aliphatic carbocycles. The number of piperidine rings is 1. The maximum atomic E-state index is 9.68. The largest absolute Gasteiger partial charge is 0.495 e. The van der Waals surface area contributed by atoms with Crippen molar-refractivity contribution in [2.24, 2.45) is 0 Å². The lowest BCUT2D eigenvalue weighted by Gasteiger charge is -2.33. The second-order valence-corrected chi connectivity index (χ2v) is 10.8. The Hall–Kier alpha value is -3.80. The van der Waals surface area contributed by atoms with Crippen molar-refractivity contribution < 1.29 is 14.6 Å². The number of nitrogens with one attached hydrogen (secondary N) is 1. The van der Waals surface area contributed by atoms with Crippen LogP contribution >= 0.6 is 11.6 Å². The molecule has 1 aliphatic rings. The van der Waals surface area contributed by atoms with Gasteiger partial charge in [0.2, 0.25) is 5.95 Å². The van der Waals surface area contributed by atoms with E-state index in [0.717, 1.165) is 55.0 Å². The zero-order valence-electron chi connectivity index (χ0n) is 23.4. The number of rotatable bonds is 11. The molecule has 4 aromatic rings. The van der Waals surface area contributed by atoms with Gasteiger partial charge in [0, 0.05) is 24.5 Å². The minimum atomic E-state index is -0.297. The van der Waals surface area contributed by atoms with Gasteiger partial charge in [-0.05, 0) is 91.5 Å². The summed E-state index contributed by atoms with van der Waals surface area (Å²) in [7, 11) is 1.67. The summed E-state index contributed by atoms with van der Waals surface area (Å²) in [6.07, 6.45) is 6.68. The highest BCUT2D eigenvalue weighted by atomic mass is 35.5. The number of hydrogen-bond donors (Lipinski definition) is 2. The summed E-state index contributed by atoms with van der Waals surface area (Å²) in [5.74, 6) is 2.24. The number of benzene rings is 2. The van der Waals surface area contributed by atoms with E-state index in [2.05, 4.69) is 47.8 Å². The Morgan fingerprint density at radius 1 is 1.02 bits per heavy atom. The predicted octanol–water partition coefficient (Wildman–Crippen LogP) is 4.56. The summed E-state index contributed by atoms with van der Waals surface area (Å²) in [4.78, 5) is 11.4. The third-order valence-corrected chi connectivity index (χ3v) is 7.45. The molecule has 0 radical (unpaired) electrons. The number of aromatic nitrogens is 6. The number of aliphatic hydroxyl groups excluding tert-OH is 1. The van der Waals surface area contributed by atoms with E-state index in [1.54, 1.807) is 36.6 Å². The van der Waals surface area contributed by atoms with Crippen LogP contribution in [0.3, 0.4) is 0 Å². The quantitative estimate of drug-likeness (QED) is 0.262. The van der Waals surface area contributed by atoms with Crippen molar-refractivity contribution in [1.82, 2.24) is 35.1 Å². The number of aliphatic hydroxyl groups is 1. The number of anilines is 2. The van der Waals surface area contributed by atoms with E-state index < -0.39 is 0 Å². The lowest BCUT2D eigenvalue weighted by molar-refractivity contribution is 0.109. The van der Waals surface area contributed by atoms with Gasteiger partial charge in [-0.25, -0.2) is 14.6 Å². The fourth-order valence-electron chi connectivity index (χ4n) is 5.10. The van der Waals surface area contributed by atoms with Crippen molar-refractivity contribution in [2.75, 3.05) is 32.1 Å². The number of β-amino-alcohol motifs (C(OH)–C–C–N with tert-alkyl or cyclic N) is 1. The first-order chi connectivity index (χ1) is 19.9. The summed E-state index contributed by atoms with van der Waals surface area (Å²) in [6.45, 7) is 6.96. The highest BCUT2D eigenvalue weighted by Crippen LogP contribution is 2.35. The van der Waals surface area contributed by atoms with Crippen LogP contribution < -0.4 is 14.8 Å². The number of methoxy groups -OCH3 is 1. The molecule has 0 bridgehead atoms. The highest BCUT2D eigenvalue weighted by molar-refractivity contribution is 6.32.